The van der Waals surface area contributed by atoms with Gasteiger partial charge in [-0.1, -0.05) is 23.7 Å². The van der Waals surface area contributed by atoms with Crippen LogP contribution in [0.4, 0.5) is 10.8 Å². The second-order valence-electron chi connectivity index (χ2n) is 7.89. The van der Waals surface area contributed by atoms with E-state index in [1.54, 1.807) is 24.3 Å². The Hall–Kier alpha value is -3.37. The third-order valence-electron chi connectivity index (χ3n) is 5.51. The third kappa shape index (κ3) is 5.18. The molecule has 4 rings (SSSR count). The largest absolute Gasteiger partial charge is 0.391 e. The summed E-state index contributed by atoms with van der Waals surface area (Å²) in [6, 6.07) is 10.9. The molecule has 1 aliphatic carbocycles. The van der Waals surface area contributed by atoms with Crippen LogP contribution in [0.3, 0.4) is 0 Å². The average molecular weight is 487 g/mol. The number of nitrogens with one attached hydrogen (secondary N) is 2. The molecule has 2 aromatic heterocycles. The summed E-state index contributed by atoms with van der Waals surface area (Å²) in [6.45, 7) is 0.0702. The van der Waals surface area contributed by atoms with E-state index in [4.69, 9.17) is 28.5 Å². The molecule has 2 heterocycles. The fourth-order valence-electron chi connectivity index (χ4n) is 3.46. The van der Waals surface area contributed by atoms with Gasteiger partial charge in [0.25, 0.3) is 11.4 Å². The molecule has 0 spiro atoms. The lowest BCUT2D eigenvalue weighted by Gasteiger charge is -2.27. The van der Waals surface area contributed by atoms with Crippen molar-refractivity contribution in [2.45, 2.75) is 38.4 Å². The lowest BCUT2D eigenvalue weighted by molar-refractivity contribution is -0.121. The van der Waals surface area contributed by atoms with Gasteiger partial charge in [0.2, 0.25) is 5.91 Å². The van der Waals surface area contributed by atoms with E-state index in [-0.39, 0.29) is 41.8 Å². The monoisotopic (exact) mass is 486 g/mol. The SMILES string of the molecule is NC(=[NH2+])c1ccc(CNC(=O)Cn2c(-c3ccc(N)s3)c(Cl)nc(NC3CCC3)c2=O)cc1. The van der Waals surface area contributed by atoms with Crippen molar-refractivity contribution in [3.63, 3.8) is 0 Å². The maximum Gasteiger partial charge on any atom is 0.294 e. The van der Waals surface area contributed by atoms with Gasteiger partial charge >= 0.3 is 0 Å². The molecular formula is C22H25ClN7O2S+. The van der Waals surface area contributed by atoms with Gasteiger partial charge in [-0.3, -0.25) is 25.3 Å². The van der Waals surface area contributed by atoms with Crippen molar-refractivity contribution in [1.82, 2.24) is 14.9 Å². The van der Waals surface area contributed by atoms with Gasteiger partial charge in [-0.25, -0.2) is 4.98 Å². The lowest BCUT2D eigenvalue weighted by Crippen LogP contribution is -2.46. The summed E-state index contributed by atoms with van der Waals surface area (Å²) >= 11 is 7.77. The maximum absolute atomic E-state index is 13.3. The number of anilines is 2. The lowest BCUT2D eigenvalue weighted by atomic mass is 9.93. The smallest absolute Gasteiger partial charge is 0.294 e. The van der Waals surface area contributed by atoms with E-state index >= 15 is 0 Å². The summed E-state index contributed by atoms with van der Waals surface area (Å²) in [5, 5.41) is 12.3. The zero-order chi connectivity index (χ0) is 23.5. The Morgan fingerprint density at radius 1 is 1.24 bits per heavy atom. The highest BCUT2D eigenvalue weighted by atomic mass is 35.5. The summed E-state index contributed by atoms with van der Waals surface area (Å²) in [4.78, 5) is 31.0. The van der Waals surface area contributed by atoms with E-state index < -0.39 is 5.56 Å². The number of halogens is 1. The molecule has 0 atom stereocenters. The van der Waals surface area contributed by atoms with Crippen molar-refractivity contribution in [2.24, 2.45) is 5.73 Å². The van der Waals surface area contributed by atoms with Gasteiger partial charge in [0.05, 0.1) is 21.1 Å². The molecule has 1 amide bonds. The first-order chi connectivity index (χ1) is 15.8. The van der Waals surface area contributed by atoms with Gasteiger partial charge in [0.15, 0.2) is 11.0 Å². The van der Waals surface area contributed by atoms with Crippen molar-refractivity contribution in [1.29, 1.82) is 0 Å². The first-order valence-corrected chi connectivity index (χ1v) is 11.7. The van der Waals surface area contributed by atoms with Crippen LogP contribution in [-0.2, 0) is 17.9 Å². The fraction of sp³-hybridized carbons (Fsp3) is 0.273. The molecule has 0 bridgehead atoms. The van der Waals surface area contributed by atoms with Crippen molar-refractivity contribution < 1.29 is 10.2 Å². The van der Waals surface area contributed by atoms with Crippen LogP contribution in [0.2, 0.25) is 5.15 Å². The number of rotatable bonds is 8. The highest BCUT2D eigenvalue weighted by Gasteiger charge is 2.24. The Kier molecular flexibility index (Phi) is 6.66. The van der Waals surface area contributed by atoms with E-state index in [1.807, 2.05) is 12.1 Å². The van der Waals surface area contributed by atoms with Gasteiger partial charge in [-0.2, -0.15) is 0 Å². The number of nitrogen functional groups attached to an aromatic ring is 1. The molecule has 8 N–H and O–H groups in total. The van der Waals surface area contributed by atoms with Crippen LogP contribution >= 0.6 is 22.9 Å². The number of nitrogens with two attached hydrogens (primary N) is 3. The third-order valence-corrected chi connectivity index (χ3v) is 6.69. The van der Waals surface area contributed by atoms with E-state index in [0.717, 1.165) is 30.4 Å². The maximum atomic E-state index is 13.3. The Balaban J connectivity index is 1.58. The van der Waals surface area contributed by atoms with Gasteiger partial charge in [0.1, 0.15) is 6.54 Å². The average Bonchev–Trinajstić information content (AvgIpc) is 3.18. The van der Waals surface area contributed by atoms with Crippen molar-refractivity contribution in [3.8, 4) is 10.6 Å². The molecule has 1 fully saturated rings. The molecule has 1 saturated carbocycles. The summed E-state index contributed by atoms with van der Waals surface area (Å²) in [5.41, 5.74) is 13.0. The Morgan fingerprint density at radius 2 is 1.97 bits per heavy atom. The molecule has 1 aromatic carbocycles. The van der Waals surface area contributed by atoms with Crippen LogP contribution in [0.1, 0.15) is 30.4 Å². The number of aromatic nitrogens is 2. The van der Waals surface area contributed by atoms with E-state index in [1.165, 1.54) is 15.9 Å². The van der Waals surface area contributed by atoms with Gasteiger partial charge in [0, 0.05) is 12.6 Å². The van der Waals surface area contributed by atoms with Gasteiger partial charge < -0.3 is 16.4 Å². The number of amidine groups is 1. The molecule has 3 aromatic rings. The number of carbonyl (C=O) groups is 1. The van der Waals surface area contributed by atoms with Crippen molar-refractivity contribution in [3.05, 3.63) is 63.0 Å². The number of hydrogen-bond donors (Lipinski definition) is 5. The molecule has 172 valence electrons. The molecule has 11 heteroatoms. The quantitative estimate of drug-likeness (QED) is 0.236. The van der Waals surface area contributed by atoms with Crippen LogP contribution in [0.15, 0.2) is 41.2 Å². The minimum atomic E-state index is -0.401. The Bertz CT molecular complexity index is 1250. The highest BCUT2D eigenvalue weighted by Crippen LogP contribution is 2.33. The summed E-state index contributed by atoms with van der Waals surface area (Å²) < 4.78 is 1.35. The molecule has 0 saturated heterocycles. The van der Waals surface area contributed by atoms with Gasteiger partial charge in [-0.05, 0) is 49.1 Å². The van der Waals surface area contributed by atoms with Crippen LogP contribution in [0, 0.1) is 0 Å². The minimum absolute atomic E-state index is 0.136. The molecule has 0 radical (unpaired) electrons. The summed E-state index contributed by atoms with van der Waals surface area (Å²) in [5.74, 6) is 0.0401. The number of nitrogens with zero attached hydrogens (tertiary/aromatic N) is 2. The van der Waals surface area contributed by atoms with E-state index in [2.05, 4.69) is 15.6 Å². The normalized spacial score (nSPS) is 13.4. The molecule has 1 aliphatic rings. The highest BCUT2D eigenvalue weighted by molar-refractivity contribution is 7.19. The first-order valence-electron chi connectivity index (χ1n) is 10.5. The first kappa shape index (κ1) is 22.8. The molecular weight excluding hydrogens is 462 g/mol. The topological polar surface area (TPSA) is 154 Å². The van der Waals surface area contributed by atoms with Crippen LogP contribution < -0.4 is 33.1 Å². The van der Waals surface area contributed by atoms with Crippen molar-refractivity contribution in [2.75, 3.05) is 11.1 Å². The predicted molar refractivity (Wildman–Crippen MR) is 131 cm³/mol. The molecule has 0 aliphatic heterocycles. The van der Waals surface area contributed by atoms with Crippen LogP contribution in [-0.4, -0.2) is 27.3 Å². The Labute approximate surface area is 199 Å². The summed E-state index contributed by atoms with van der Waals surface area (Å²) in [6.07, 6.45) is 3.04. The standard InChI is InChI=1S/C22H24ClN7O2S/c23-19-18(15-8-9-16(24)33-15)30(22(32)21(29-19)28-14-2-1-3-14)11-17(31)27-10-12-4-6-13(7-5-12)20(25)26/h4-9,14H,1-3,10-11,24H2,(H3,25,26)(H,27,31)(H,28,29)/p+1. The predicted octanol–water partition coefficient (Wildman–Crippen LogP) is 0.953. The number of amides is 1. The molecule has 0 unspecified atom stereocenters. The number of carbonyl (C=O) groups excluding carboxylic acids is 1. The molecule has 9 nitrogen and oxygen atoms in total. The van der Waals surface area contributed by atoms with E-state index in [9.17, 15) is 9.59 Å². The van der Waals surface area contributed by atoms with Crippen molar-refractivity contribution >= 4 is 45.5 Å². The van der Waals surface area contributed by atoms with Crippen LogP contribution in [0.5, 0.6) is 0 Å². The van der Waals surface area contributed by atoms with E-state index in [0.29, 0.717) is 15.6 Å². The van der Waals surface area contributed by atoms with Crippen LogP contribution in [0.25, 0.3) is 10.6 Å². The van der Waals surface area contributed by atoms with Gasteiger partial charge in [-0.15, -0.1) is 11.3 Å². The number of thiophene rings is 1. The zero-order valence-electron chi connectivity index (χ0n) is 17.8. The minimum Gasteiger partial charge on any atom is -0.391 e. The summed E-state index contributed by atoms with van der Waals surface area (Å²) in [7, 11) is 0. The number of hydrogen-bond acceptors (Lipinski definition) is 6. The fourth-order valence-corrected chi connectivity index (χ4v) is 4.63. The Morgan fingerprint density at radius 3 is 2.55 bits per heavy atom. The second kappa shape index (κ2) is 9.63. The zero-order valence-corrected chi connectivity index (χ0v) is 19.4. The molecule has 33 heavy (non-hydrogen) atoms. The second-order valence-corrected chi connectivity index (χ2v) is 9.37. The number of benzene rings is 1.